The Morgan fingerprint density at radius 1 is 1.38 bits per heavy atom. The Bertz CT molecular complexity index is 803. The summed E-state index contributed by atoms with van der Waals surface area (Å²) in [5, 5.41) is 14.2. The Kier molecular flexibility index (Phi) is 6.39. The van der Waals surface area contributed by atoms with Crippen LogP contribution in [0.1, 0.15) is 37.7 Å². The highest BCUT2D eigenvalue weighted by molar-refractivity contribution is 7.13. The van der Waals surface area contributed by atoms with E-state index in [1.165, 1.54) is 43.4 Å². The van der Waals surface area contributed by atoms with Gasteiger partial charge < -0.3 is 4.74 Å². The highest BCUT2D eigenvalue weighted by Crippen LogP contribution is 2.25. The van der Waals surface area contributed by atoms with Crippen LogP contribution in [0.25, 0.3) is 6.08 Å². The molecule has 0 bridgehead atoms. The third-order valence-corrected chi connectivity index (χ3v) is 5.09. The SMILES string of the molecule is N#C/C(=C\c1cccc(OCC2CCCCC2)c1)C(=O)Nc1nccs1. The van der Waals surface area contributed by atoms with Crippen LogP contribution in [-0.4, -0.2) is 17.5 Å². The van der Waals surface area contributed by atoms with Crippen molar-refractivity contribution >= 4 is 28.5 Å². The first-order valence-corrected chi connectivity index (χ1v) is 9.68. The van der Waals surface area contributed by atoms with Crippen molar-refractivity contribution in [3.63, 3.8) is 0 Å². The van der Waals surface area contributed by atoms with E-state index in [9.17, 15) is 10.1 Å². The molecule has 1 saturated carbocycles. The molecule has 1 aromatic heterocycles. The molecule has 1 amide bonds. The first-order chi connectivity index (χ1) is 12.7. The smallest absolute Gasteiger partial charge is 0.268 e. The minimum Gasteiger partial charge on any atom is -0.493 e. The maximum Gasteiger partial charge on any atom is 0.268 e. The number of carbonyl (C=O) groups excluding carboxylic acids is 1. The second-order valence-electron chi connectivity index (χ2n) is 6.35. The van der Waals surface area contributed by atoms with Crippen molar-refractivity contribution in [3.05, 3.63) is 47.0 Å². The molecule has 1 N–H and O–H groups in total. The van der Waals surface area contributed by atoms with Crippen LogP contribution < -0.4 is 10.1 Å². The Morgan fingerprint density at radius 3 is 2.96 bits per heavy atom. The van der Waals surface area contributed by atoms with Gasteiger partial charge in [-0.2, -0.15) is 5.26 Å². The number of benzene rings is 1. The molecule has 1 fully saturated rings. The molecular weight excluding hydrogens is 346 g/mol. The van der Waals surface area contributed by atoms with E-state index in [2.05, 4.69) is 10.3 Å². The van der Waals surface area contributed by atoms with Crippen LogP contribution in [0, 0.1) is 17.2 Å². The normalized spacial score (nSPS) is 15.3. The van der Waals surface area contributed by atoms with E-state index >= 15 is 0 Å². The minimum atomic E-state index is -0.462. The van der Waals surface area contributed by atoms with Crippen molar-refractivity contribution < 1.29 is 9.53 Å². The van der Waals surface area contributed by atoms with E-state index in [4.69, 9.17) is 4.74 Å². The summed E-state index contributed by atoms with van der Waals surface area (Å²) in [5.74, 6) is 0.930. The van der Waals surface area contributed by atoms with Gasteiger partial charge in [-0.25, -0.2) is 4.98 Å². The summed E-state index contributed by atoms with van der Waals surface area (Å²) < 4.78 is 5.93. The average molecular weight is 367 g/mol. The molecule has 0 unspecified atom stereocenters. The molecule has 0 saturated heterocycles. The molecule has 6 heteroatoms. The van der Waals surface area contributed by atoms with E-state index in [1.54, 1.807) is 17.7 Å². The van der Waals surface area contributed by atoms with E-state index in [0.717, 1.165) is 17.9 Å². The van der Waals surface area contributed by atoms with Gasteiger partial charge in [0.2, 0.25) is 0 Å². The number of amides is 1. The highest BCUT2D eigenvalue weighted by Gasteiger charge is 2.14. The fraction of sp³-hybridized carbons (Fsp3) is 0.350. The Labute approximate surface area is 157 Å². The fourth-order valence-corrected chi connectivity index (χ4v) is 3.55. The molecule has 3 rings (SSSR count). The summed E-state index contributed by atoms with van der Waals surface area (Å²) in [4.78, 5) is 16.2. The monoisotopic (exact) mass is 367 g/mol. The molecule has 134 valence electrons. The minimum absolute atomic E-state index is 0.0321. The second-order valence-corrected chi connectivity index (χ2v) is 7.24. The number of hydrogen-bond donors (Lipinski definition) is 1. The molecule has 0 radical (unpaired) electrons. The summed E-state index contributed by atoms with van der Waals surface area (Å²) in [6.45, 7) is 0.725. The molecule has 1 aliphatic carbocycles. The molecule has 1 aliphatic rings. The predicted octanol–water partition coefficient (Wildman–Crippen LogP) is 4.65. The maximum absolute atomic E-state index is 12.2. The van der Waals surface area contributed by atoms with Crippen molar-refractivity contribution in [2.24, 2.45) is 5.92 Å². The average Bonchev–Trinajstić information content (AvgIpc) is 3.18. The lowest BCUT2D eigenvalue weighted by atomic mass is 9.90. The Morgan fingerprint density at radius 2 is 2.23 bits per heavy atom. The second kappa shape index (κ2) is 9.16. The lowest BCUT2D eigenvalue weighted by Gasteiger charge is -2.21. The highest BCUT2D eigenvalue weighted by atomic mass is 32.1. The van der Waals surface area contributed by atoms with Crippen molar-refractivity contribution in [1.29, 1.82) is 5.26 Å². The molecule has 1 heterocycles. The van der Waals surface area contributed by atoms with E-state index in [-0.39, 0.29) is 5.57 Å². The molecule has 26 heavy (non-hydrogen) atoms. The van der Waals surface area contributed by atoms with Crippen molar-refractivity contribution in [3.8, 4) is 11.8 Å². The Balaban J connectivity index is 1.64. The fourth-order valence-electron chi connectivity index (χ4n) is 3.03. The predicted molar refractivity (Wildman–Crippen MR) is 103 cm³/mol. The molecule has 0 spiro atoms. The lowest BCUT2D eigenvalue weighted by molar-refractivity contribution is -0.112. The van der Waals surface area contributed by atoms with E-state index in [1.807, 2.05) is 30.3 Å². The molecule has 0 aliphatic heterocycles. The van der Waals surface area contributed by atoms with Gasteiger partial charge in [-0.05, 0) is 42.5 Å². The van der Waals surface area contributed by atoms with Crippen molar-refractivity contribution in [2.45, 2.75) is 32.1 Å². The zero-order valence-corrected chi connectivity index (χ0v) is 15.3. The lowest BCUT2D eigenvalue weighted by Crippen LogP contribution is -2.15. The molecule has 5 nitrogen and oxygen atoms in total. The first kappa shape index (κ1) is 18.2. The molecule has 0 atom stereocenters. The summed E-state index contributed by atoms with van der Waals surface area (Å²) in [6, 6.07) is 9.43. The third kappa shape index (κ3) is 5.17. The van der Waals surface area contributed by atoms with Crippen molar-refractivity contribution in [1.82, 2.24) is 4.98 Å². The Hall–Kier alpha value is -2.65. The standard InChI is InChI=1S/C20H21N3O2S/c21-13-17(19(24)23-20-22-9-10-26-20)11-16-7-4-8-18(12-16)25-14-15-5-2-1-3-6-15/h4,7-12,15H,1-3,5-6,14H2,(H,22,23,24)/b17-11+. The van der Waals surface area contributed by atoms with E-state index < -0.39 is 5.91 Å². The number of nitrogens with zero attached hydrogens (tertiary/aromatic N) is 2. The van der Waals surface area contributed by atoms with Gasteiger partial charge in [-0.1, -0.05) is 31.4 Å². The van der Waals surface area contributed by atoms with Gasteiger partial charge in [-0.15, -0.1) is 11.3 Å². The number of carbonyl (C=O) groups is 1. The van der Waals surface area contributed by atoms with Crippen LogP contribution in [0.15, 0.2) is 41.4 Å². The topological polar surface area (TPSA) is 75.0 Å². The van der Waals surface area contributed by atoms with E-state index in [0.29, 0.717) is 11.0 Å². The van der Waals surface area contributed by atoms with Crippen molar-refractivity contribution in [2.75, 3.05) is 11.9 Å². The number of hydrogen-bond acceptors (Lipinski definition) is 5. The summed E-state index contributed by atoms with van der Waals surface area (Å²) in [7, 11) is 0. The van der Waals surface area contributed by atoms with Gasteiger partial charge in [-0.3, -0.25) is 10.1 Å². The third-order valence-electron chi connectivity index (χ3n) is 4.40. The number of rotatable bonds is 6. The molecule has 1 aromatic carbocycles. The summed E-state index contributed by atoms with van der Waals surface area (Å²) in [5.41, 5.74) is 0.793. The van der Waals surface area contributed by atoms with Crippen LogP contribution in [0.5, 0.6) is 5.75 Å². The number of ether oxygens (including phenoxy) is 1. The van der Waals surface area contributed by atoms with Crippen LogP contribution in [0.3, 0.4) is 0 Å². The number of anilines is 1. The molecule has 2 aromatic rings. The van der Waals surface area contributed by atoms with Gasteiger partial charge in [0.15, 0.2) is 5.13 Å². The zero-order valence-electron chi connectivity index (χ0n) is 14.5. The largest absolute Gasteiger partial charge is 0.493 e. The first-order valence-electron chi connectivity index (χ1n) is 8.80. The number of thiazole rings is 1. The van der Waals surface area contributed by atoms with Crippen LogP contribution in [0.4, 0.5) is 5.13 Å². The van der Waals surface area contributed by atoms with Crippen LogP contribution in [0.2, 0.25) is 0 Å². The molecular formula is C20H21N3O2S. The van der Waals surface area contributed by atoms with Gasteiger partial charge in [0.1, 0.15) is 17.4 Å². The van der Waals surface area contributed by atoms with Gasteiger partial charge in [0.05, 0.1) is 6.61 Å². The van der Waals surface area contributed by atoms with Crippen LogP contribution >= 0.6 is 11.3 Å². The zero-order chi connectivity index (χ0) is 18.2. The van der Waals surface area contributed by atoms with Gasteiger partial charge in [0, 0.05) is 11.6 Å². The maximum atomic E-state index is 12.2. The number of aromatic nitrogens is 1. The summed E-state index contributed by atoms with van der Waals surface area (Å²) >= 11 is 1.31. The quantitative estimate of drug-likeness (QED) is 0.596. The summed E-state index contributed by atoms with van der Waals surface area (Å²) in [6.07, 6.45) is 9.54. The van der Waals surface area contributed by atoms with Gasteiger partial charge in [0.25, 0.3) is 5.91 Å². The van der Waals surface area contributed by atoms with Crippen LogP contribution in [-0.2, 0) is 4.79 Å². The number of nitrogens with one attached hydrogen (secondary N) is 1. The number of nitriles is 1. The van der Waals surface area contributed by atoms with Gasteiger partial charge >= 0.3 is 0 Å².